The van der Waals surface area contributed by atoms with Crippen molar-refractivity contribution in [2.24, 2.45) is 5.92 Å². The molecule has 6 heteroatoms. The van der Waals surface area contributed by atoms with E-state index < -0.39 is 0 Å². The predicted molar refractivity (Wildman–Crippen MR) is 141 cm³/mol. The third-order valence-electron chi connectivity index (χ3n) is 7.52. The highest BCUT2D eigenvalue weighted by Crippen LogP contribution is 2.38. The summed E-state index contributed by atoms with van der Waals surface area (Å²) in [5, 5.41) is 0. The van der Waals surface area contributed by atoms with Crippen LogP contribution in [0.4, 0.5) is 10.1 Å². The number of aromatic nitrogens is 2. The second kappa shape index (κ2) is 9.58. The SMILES string of the molecule is CC1CCC(Oc2cc3nc(-c4ccc(-c5ccc(N)cc5)cc4)c(F)cc3n2C2CCCCO2)C1. The second-order valence-corrected chi connectivity index (χ2v) is 10.3. The van der Waals surface area contributed by atoms with Crippen molar-refractivity contribution in [3.8, 4) is 28.3 Å². The molecular weight excluding hydrogens is 453 g/mol. The lowest BCUT2D eigenvalue weighted by Crippen LogP contribution is -2.21. The fourth-order valence-corrected chi connectivity index (χ4v) is 5.54. The van der Waals surface area contributed by atoms with Crippen LogP contribution in [-0.4, -0.2) is 22.3 Å². The van der Waals surface area contributed by atoms with Crippen molar-refractivity contribution >= 4 is 16.7 Å². The Kier molecular flexibility index (Phi) is 6.13. The second-order valence-electron chi connectivity index (χ2n) is 10.3. The summed E-state index contributed by atoms with van der Waals surface area (Å²) < 4.78 is 30.1. The van der Waals surface area contributed by atoms with Crippen LogP contribution in [-0.2, 0) is 4.74 Å². The Hall–Kier alpha value is -3.38. The van der Waals surface area contributed by atoms with E-state index in [2.05, 4.69) is 6.92 Å². The summed E-state index contributed by atoms with van der Waals surface area (Å²) in [5.74, 6) is 1.05. The Labute approximate surface area is 211 Å². The number of anilines is 1. The molecule has 5 nitrogen and oxygen atoms in total. The minimum Gasteiger partial charge on any atom is -0.475 e. The van der Waals surface area contributed by atoms with Crippen LogP contribution in [0.5, 0.6) is 5.88 Å². The molecule has 186 valence electrons. The minimum atomic E-state index is -0.348. The summed E-state index contributed by atoms with van der Waals surface area (Å²) in [5.41, 5.74) is 11.2. The summed E-state index contributed by atoms with van der Waals surface area (Å²) >= 11 is 0. The number of hydrogen-bond acceptors (Lipinski definition) is 4. The molecule has 4 aromatic rings. The smallest absolute Gasteiger partial charge is 0.198 e. The summed E-state index contributed by atoms with van der Waals surface area (Å²) in [6.07, 6.45) is 6.30. The third-order valence-corrected chi connectivity index (χ3v) is 7.52. The number of nitrogens with two attached hydrogens (primary N) is 1. The van der Waals surface area contributed by atoms with E-state index in [1.54, 1.807) is 6.07 Å². The van der Waals surface area contributed by atoms with Gasteiger partial charge in [-0.15, -0.1) is 0 Å². The van der Waals surface area contributed by atoms with Crippen LogP contribution >= 0.6 is 0 Å². The standard InChI is InChI=1S/C30H32FN3O2/c1-19-5-14-24(16-19)36-29-18-26-27(34(29)28-4-2-3-15-35-28)17-25(31)30(33-26)22-8-6-20(7-9-22)21-10-12-23(32)13-11-21/h6-13,17-19,24,28H,2-5,14-16,32H2,1H3. The van der Waals surface area contributed by atoms with Crippen molar-refractivity contribution in [1.29, 1.82) is 0 Å². The van der Waals surface area contributed by atoms with Crippen LogP contribution in [0, 0.1) is 11.7 Å². The molecule has 0 radical (unpaired) electrons. The van der Waals surface area contributed by atoms with Crippen molar-refractivity contribution in [1.82, 2.24) is 9.55 Å². The molecule has 0 bridgehead atoms. The number of fused-ring (bicyclic) bond motifs is 1. The maximum absolute atomic E-state index is 15.5. The first kappa shape index (κ1) is 23.0. The lowest BCUT2D eigenvalue weighted by Gasteiger charge is -2.27. The molecule has 3 heterocycles. The molecule has 36 heavy (non-hydrogen) atoms. The largest absolute Gasteiger partial charge is 0.475 e. The van der Waals surface area contributed by atoms with Crippen molar-refractivity contribution < 1.29 is 13.9 Å². The number of benzene rings is 2. The molecule has 2 aliphatic rings. The molecule has 3 unspecified atom stereocenters. The molecule has 2 fully saturated rings. The predicted octanol–water partition coefficient (Wildman–Crippen LogP) is 7.36. The third kappa shape index (κ3) is 4.46. The van der Waals surface area contributed by atoms with Gasteiger partial charge in [-0.05, 0) is 67.7 Å². The fourth-order valence-electron chi connectivity index (χ4n) is 5.54. The van der Waals surface area contributed by atoms with Crippen LogP contribution in [0.3, 0.4) is 0 Å². The van der Waals surface area contributed by atoms with E-state index in [1.165, 1.54) is 6.42 Å². The first-order chi connectivity index (χ1) is 17.5. The zero-order valence-electron chi connectivity index (χ0n) is 20.6. The number of nitrogens with zero attached hydrogens (tertiary/aromatic N) is 2. The van der Waals surface area contributed by atoms with Crippen LogP contribution in [0.15, 0.2) is 60.7 Å². The van der Waals surface area contributed by atoms with Crippen LogP contribution < -0.4 is 10.5 Å². The van der Waals surface area contributed by atoms with Gasteiger partial charge in [-0.25, -0.2) is 9.37 Å². The van der Waals surface area contributed by atoms with Gasteiger partial charge in [0.2, 0.25) is 0 Å². The maximum atomic E-state index is 15.5. The lowest BCUT2D eigenvalue weighted by atomic mass is 10.0. The summed E-state index contributed by atoms with van der Waals surface area (Å²) in [6, 6.07) is 19.1. The van der Waals surface area contributed by atoms with Crippen LogP contribution in [0.2, 0.25) is 0 Å². The number of nitrogen functional groups attached to an aromatic ring is 1. The Morgan fingerprint density at radius 1 is 0.944 bits per heavy atom. The van der Waals surface area contributed by atoms with Gasteiger partial charge >= 0.3 is 0 Å². The normalized spacial score (nSPS) is 22.2. The van der Waals surface area contributed by atoms with Gasteiger partial charge in [-0.1, -0.05) is 43.3 Å². The average Bonchev–Trinajstić information content (AvgIpc) is 3.46. The molecule has 2 aromatic carbocycles. The van der Waals surface area contributed by atoms with E-state index in [1.807, 2.05) is 59.2 Å². The summed E-state index contributed by atoms with van der Waals surface area (Å²) in [4.78, 5) is 4.78. The lowest BCUT2D eigenvalue weighted by molar-refractivity contribution is -0.0347. The van der Waals surface area contributed by atoms with Gasteiger partial charge in [-0.2, -0.15) is 0 Å². The summed E-state index contributed by atoms with van der Waals surface area (Å²) in [6.45, 7) is 2.98. The zero-order valence-corrected chi connectivity index (χ0v) is 20.6. The minimum absolute atomic E-state index is 0.156. The number of ether oxygens (including phenoxy) is 2. The molecular formula is C30H32FN3O2. The zero-order chi connectivity index (χ0) is 24.6. The Balaban J connectivity index is 1.37. The van der Waals surface area contributed by atoms with E-state index in [0.717, 1.165) is 71.4 Å². The van der Waals surface area contributed by atoms with Gasteiger partial charge in [0.05, 0.1) is 11.0 Å². The molecule has 1 saturated carbocycles. The Morgan fingerprint density at radius 3 is 2.33 bits per heavy atom. The van der Waals surface area contributed by atoms with Gasteiger partial charge in [0.25, 0.3) is 0 Å². The van der Waals surface area contributed by atoms with Gasteiger partial charge < -0.3 is 15.2 Å². The average molecular weight is 486 g/mol. The van der Waals surface area contributed by atoms with Crippen LogP contribution in [0.25, 0.3) is 33.4 Å². The molecule has 0 amide bonds. The monoisotopic (exact) mass is 485 g/mol. The molecule has 0 spiro atoms. The van der Waals surface area contributed by atoms with Gasteiger partial charge in [-0.3, -0.25) is 4.57 Å². The number of rotatable bonds is 5. The van der Waals surface area contributed by atoms with E-state index in [0.29, 0.717) is 18.2 Å². The molecule has 2 N–H and O–H groups in total. The number of pyridine rings is 1. The van der Waals surface area contributed by atoms with Crippen molar-refractivity contribution in [3.63, 3.8) is 0 Å². The first-order valence-electron chi connectivity index (χ1n) is 13.0. The topological polar surface area (TPSA) is 62.3 Å². The van der Waals surface area contributed by atoms with E-state index >= 15 is 4.39 Å². The molecule has 1 aliphatic heterocycles. The first-order valence-corrected chi connectivity index (χ1v) is 13.0. The molecule has 3 atom stereocenters. The Bertz CT molecular complexity index is 1360. The van der Waals surface area contributed by atoms with Crippen molar-refractivity contribution in [2.45, 2.75) is 57.8 Å². The quantitative estimate of drug-likeness (QED) is 0.300. The number of halogens is 1. The van der Waals surface area contributed by atoms with E-state index in [9.17, 15) is 0 Å². The summed E-state index contributed by atoms with van der Waals surface area (Å²) in [7, 11) is 0. The van der Waals surface area contributed by atoms with Crippen LogP contribution in [0.1, 0.15) is 51.7 Å². The maximum Gasteiger partial charge on any atom is 0.198 e. The highest BCUT2D eigenvalue weighted by molar-refractivity contribution is 5.82. The molecule has 6 rings (SSSR count). The molecule has 1 aliphatic carbocycles. The van der Waals surface area contributed by atoms with Gasteiger partial charge in [0.15, 0.2) is 11.7 Å². The van der Waals surface area contributed by atoms with Crippen molar-refractivity contribution in [3.05, 3.63) is 66.5 Å². The molecule has 1 saturated heterocycles. The van der Waals surface area contributed by atoms with Gasteiger partial charge in [0.1, 0.15) is 18.0 Å². The fraction of sp³-hybridized carbons (Fsp3) is 0.367. The van der Waals surface area contributed by atoms with Crippen molar-refractivity contribution in [2.75, 3.05) is 12.3 Å². The Morgan fingerprint density at radius 2 is 1.67 bits per heavy atom. The molecule has 2 aromatic heterocycles. The van der Waals surface area contributed by atoms with E-state index in [-0.39, 0.29) is 18.1 Å². The highest BCUT2D eigenvalue weighted by atomic mass is 19.1. The van der Waals surface area contributed by atoms with E-state index in [4.69, 9.17) is 20.2 Å². The van der Waals surface area contributed by atoms with Gasteiger partial charge in [0, 0.05) is 30.0 Å². The highest BCUT2D eigenvalue weighted by Gasteiger charge is 2.28. The number of hydrogen-bond donors (Lipinski definition) is 1.